The molecule has 0 aliphatic carbocycles. The van der Waals surface area contributed by atoms with Gasteiger partial charge in [-0.2, -0.15) is 0 Å². The van der Waals surface area contributed by atoms with Crippen LogP contribution in [0.1, 0.15) is 56.8 Å². The largest absolute Gasteiger partial charge is 0.326 e. The fraction of sp³-hybridized carbons (Fsp3) is 0.444. The predicted octanol–water partition coefficient (Wildman–Crippen LogP) is 4.81. The zero-order valence-electron chi connectivity index (χ0n) is 15.2. The molecule has 2 amide bonds. The number of nitrogens with one attached hydrogen (secondary N) is 2. The molecule has 2 N–H and O–H groups in total. The first kappa shape index (κ1) is 20.4. The molecule has 2 rings (SSSR count). The van der Waals surface area contributed by atoms with Crippen LogP contribution in [0.4, 0.5) is 10.8 Å². The zero-order chi connectivity index (χ0) is 18.9. The Kier molecular flexibility index (Phi) is 8.06. The second-order valence-electron chi connectivity index (χ2n) is 5.89. The third-order valence-corrected chi connectivity index (χ3v) is 5.88. The molecule has 0 aliphatic heterocycles. The Morgan fingerprint density at radius 1 is 1.15 bits per heavy atom. The number of hydrogen-bond donors (Lipinski definition) is 2. The highest BCUT2D eigenvalue weighted by molar-refractivity contribution is 8.01. The van der Waals surface area contributed by atoms with Gasteiger partial charge in [0.1, 0.15) is 0 Å². The van der Waals surface area contributed by atoms with Crippen LogP contribution in [-0.4, -0.2) is 27.3 Å². The molecule has 1 atom stereocenters. The molecular weight excluding hydrogens is 368 g/mol. The maximum Gasteiger partial charge on any atom is 0.257 e. The molecule has 0 spiro atoms. The Balaban J connectivity index is 1.90. The van der Waals surface area contributed by atoms with E-state index in [1.54, 1.807) is 36.0 Å². The molecular formula is C18H24N4O2S2. The van der Waals surface area contributed by atoms with Gasteiger partial charge in [-0.25, -0.2) is 0 Å². The quantitative estimate of drug-likeness (QED) is 0.472. The van der Waals surface area contributed by atoms with Crippen molar-refractivity contribution in [1.82, 2.24) is 10.2 Å². The number of carbonyl (C=O) groups is 2. The third kappa shape index (κ3) is 6.42. The van der Waals surface area contributed by atoms with Crippen molar-refractivity contribution in [2.45, 2.75) is 56.0 Å². The number of benzene rings is 1. The average molecular weight is 393 g/mol. The van der Waals surface area contributed by atoms with Crippen molar-refractivity contribution in [3.8, 4) is 0 Å². The van der Waals surface area contributed by atoms with Gasteiger partial charge in [-0.3, -0.25) is 14.9 Å². The summed E-state index contributed by atoms with van der Waals surface area (Å²) in [6.45, 7) is 6.30. The van der Waals surface area contributed by atoms with E-state index in [0.29, 0.717) is 28.1 Å². The normalized spacial score (nSPS) is 11.8. The lowest BCUT2D eigenvalue weighted by atomic mass is 10.2. The van der Waals surface area contributed by atoms with Crippen LogP contribution in [0.15, 0.2) is 28.6 Å². The number of nitrogens with zero attached hydrogens (tertiary/aromatic N) is 2. The van der Waals surface area contributed by atoms with Crippen LogP contribution in [0.3, 0.4) is 0 Å². The molecule has 1 unspecified atom stereocenters. The Morgan fingerprint density at radius 3 is 2.54 bits per heavy atom. The highest BCUT2D eigenvalue weighted by Crippen LogP contribution is 2.30. The van der Waals surface area contributed by atoms with Gasteiger partial charge in [0.2, 0.25) is 11.0 Å². The Hall–Kier alpha value is -1.93. The first-order valence-electron chi connectivity index (χ1n) is 8.73. The van der Waals surface area contributed by atoms with Crippen LogP contribution >= 0.6 is 23.1 Å². The van der Waals surface area contributed by atoms with Crippen LogP contribution in [0.5, 0.6) is 0 Å². The Bertz CT molecular complexity index is 731. The van der Waals surface area contributed by atoms with Crippen molar-refractivity contribution in [2.75, 3.05) is 10.6 Å². The van der Waals surface area contributed by atoms with E-state index in [2.05, 4.69) is 34.7 Å². The van der Waals surface area contributed by atoms with Crippen molar-refractivity contribution >= 4 is 45.7 Å². The molecule has 2 aromatic rings. The van der Waals surface area contributed by atoms with Crippen LogP contribution in [-0.2, 0) is 4.79 Å². The average Bonchev–Trinajstić information content (AvgIpc) is 3.07. The van der Waals surface area contributed by atoms with Gasteiger partial charge in [0.15, 0.2) is 4.34 Å². The summed E-state index contributed by atoms with van der Waals surface area (Å²) in [5, 5.41) is 14.6. The Morgan fingerprint density at radius 2 is 1.88 bits per heavy atom. The molecule has 8 heteroatoms. The van der Waals surface area contributed by atoms with E-state index in [1.807, 2.05) is 6.92 Å². The molecule has 6 nitrogen and oxygen atoms in total. The van der Waals surface area contributed by atoms with E-state index in [4.69, 9.17) is 0 Å². The first-order chi connectivity index (χ1) is 12.5. The number of thioether (sulfide) groups is 1. The summed E-state index contributed by atoms with van der Waals surface area (Å²) in [6.07, 6.45) is 3.40. The summed E-state index contributed by atoms with van der Waals surface area (Å²) in [6, 6.07) is 6.81. The molecule has 0 bridgehead atoms. The van der Waals surface area contributed by atoms with Crippen molar-refractivity contribution in [1.29, 1.82) is 0 Å². The predicted molar refractivity (Wildman–Crippen MR) is 108 cm³/mol. The zero-order valence-corrected chi connectivity index (χ0v) is 16.9. The van der Waals surface area contributed by atoms with Gasteiger partial charge in [-0.05, 0) is 37.1 Å². The van der Waals surface area contributed by atoms with Crippen LogP contribution in [0.2, 0.25) is 0 Å². The summed E-state index contributed by atoms with van der Waals surface area (Å²) in [5.41, 5.74) is 1.19. The number of hydrogen-bond acceptors (Lipinski definition) is 6. The fourth-order valence-electron chi connectivity index (χ4n) is 2.00. The monoisotopic (exact) mass is 392 g/mol. The number of rotatable bonds is 9. The van der Waals surface area contributed by atoms with Gasteiger partial charge in [0.05, 0.1) is 0 Å². The number of carbonyl (C=O) groups excluding carboxylic acids is 2. The van der Waals surface area contributed by atoms with E-state index in [9.17, 15) is 9.59 Å². The maximum atomic E-state index is 12.3. The number of anilines is 2. The van der Waals surface area contributed by atoms with Crippen LogP contribution < -0.4 is 10.6 Å². The topological polar surface area (TPSA) is 84.0 Å². The molecule has 0 radical (unpaired) electrons. The van der Waals surface area contributed by atoms with Crippen molar-refractivity contribution in [3.63, 3.8) is 0 Å². The number of aromatic nitrogens is 2. The third-order valence-electron chi connectivity index (χ3n) is 3.69. The van der Waals surface area contributed by atoms with E-state index in [1.165, 1.54) is 11.3 Å². The minimum atomic E-state index is -0.245. The van der Waals surface area contributed by atoms with Crippen LogP contribution in [0, 0.1) is 0 Å². The molecule has 1 heterocycles. The van der Waals surface area contributed by atoms with Gasteiger partial charge >= 0.3 is 0 Å². The molecule has 140 valence electrons. The lowest BCUT2D eigenvalue weighted by Crippen LogP contribution is -2.13. The lowest BCUT2D eigenvalue weighted by molar-refractivity contribution is -0.116. The molecule has 0 saturated carbocycles. The van der Waals surface area contributed by atoms with Crippen molar-refractivity contribution in [3.05, 3.63) is 29.8 Å². The summed E-state index contributed by atoms with van der Waals surface area (Å²) < 4.78 is 0.847. The smallest absolute Gasteiger partial charge is 0.257 e. The van der Waals surface area contributed by atoms with E-state index in [0.717, 1.165) is 23.6 Å². The van der Waals surface area contributed by atoms with Crippen LogP contribution in [0.25, 0.3) is 0 Å². The van der Waals surface area contributed by atoms with Gasteiger partial charge in [0.25, 0.3) is 5.91 Å². The van der Waals surface area contributed by atoms with E-state index >= 15 is 0 Å². The van der Waals surface area contributed by atoms with E-state index < -0.39 is 0 Å². The minimum Gasteiger partial charge on any atom is -0.326 e. The second-order valence-corrected chi connectivity index (χ2v) is 8.56. The molecule has 0 saturated heterocycles. The van der Waals surface area contributed by atoms with Gasteiger partial charge in [-0.15, -0.1) is 10.2 Å². The number of amides is 2. The summed E-state index contributed by atoms with van der Waals surface area (Å²) in [4.78, 5) is 24.0. The lowest BCUT2D eigenvalue weighted by Gasteiger charge is -2.06. The standard InChI is InChI=1S/C18H24N4O2S2/c1-4-6-7-15(23)19-14-10-8-13(9-11-14)16(24)20-17-21-22-18(26-17)25-12(3)5-2/h8-12H,4-7H2,1-3H3,(H,19,23)(H,20,21,24). The molecule has 0 aliphatic rings. The molecule has 1 aromatic carbocycles. The second kappa shape index (κ2) is 10.3. The highest BCUT2D eigenvalue weighted by Gasteiger charge is 2.12. The highest BCUT2D eigenvalue weighted by atomic mass is 32.2. The fourth-order valence-corrected chi connectivity index (χ4v) is 3.99. The van der Waals surface area contributed by atoms with Gasteiger partial charge < -0.3 is 5.32 Å². The van der Waals surface area contributed by atoms with Crippen molar-refractivity contribution < 1.29 is 9.59 Å². The van der Waals surface area contributed by atoms with Crippen molar-refractivity contribution in [2.24, 2.45) is 0 Å². The van der Waals surface area contributed by atoms with Gasteiger partial charge in [0, 0.05) is 22.9 Å². The summed E-state index contributed by atoms with van der Waals surface area (Å²) in [7, 11) is 0. The minimum absolute atomic E-state index is 0.00996. The molecule has 26 heavy (non-hydrogen) atoms. The molecule has 0 fully saturated rings. The summed E-state index contributed by atoms with van der Waals surface area (Å²) >= 11 is 3.02. The Labute approximate surface area is 162 Å². The first-order valence-corrected chi connectivity index (χ1v) is 10.4. The van der Waals surface area contributed by atoms with E-state index in [-0.39, 0.29) is 11.8 Å². The SMILES string of the molecule is CCCCC(=O)Nc1ccc(C(=O)Nc2nnc(SC(C)CC)s2)cc1. The molecule has 1 aromatic heterocycles. The van der Waals surface area contributed by atoms with Gasteiger partial charge in [-0.1, -0.05) is 50.3 Å². The maximum absolute atomic E-state index is 12.3. The number of unbranched alkanes of at least 4 members (excludes halogenated alkanes) is 1. The summed E-state index contributed by atoms with van der Waals surface area (Å²) in [5.74, 6) is -0.255.